The lowest BCUT2D eigenvalue weighted by Gasteiger charge is -2.12. The van der Waals surface area contributed by atoms with Crippen molar-refractivity contribution in [2.24, 2.45) is 5.73 Å². The molecular formula is C10H11F3N2O2. The van der Waals surface area contributed by atoms with Crippen LogP contribution in [0.15, 0.2) is 6.07 Å². The highest BCUT2D eigenvalue weighted by Crippen LogP contribution is 2.26. The molecule has 1 heterocycles. The van der Waals surface area contributed by atoms with Crippen LogP contribution < -0.4 is 5.73 Å². The third-order valence-electron chi connectivity index (χ3n) is 2.19. The predicted molar refractivity (Wildman–Crippen MR) is 52.8 cm³/mol. The molecular weight excluding hydrogens is 237 g/mol. The number of pyridine rings is 1. The van der Waals surface area contributed by atoms with Gasteiger partial charge in [0.1, 0.15) is 0 Å². The first-order chi connectivity index (χ1) is 7.99. The molecule has 0 saturated heterocycles. The summed E-state index contributed by atoms with van der Waals surface area (Å²) in [6.45, 7) is -0.232. The number of halogens is 3. The van der Waals surface area contributed by atoms with E-state index in [2.05, 4.69) is 9.72 Å². The third-order valence-corrected chi connectivity index (χ3v) is 2.19. The van der Waals surface area contributed by atoms with Crippen LogP contribution in [-0.4, -0.2) is 18.1 Å². The molecule has 0 spiro atoms. The van der Waals surface area contributed by atoms with Gasteiger partial charge in [-0.05, 0) is 5.56 Å². The number of alkyl halides is 2. The zero-order chi connectivity index (χ0) is 13.0. The fourth-order valence-corrected chi connectivity index (χ4v) is 1.39. The van der Waals surface area contributed by atoms with E-state index in [1.807, 2.05) is 0 Å². The quantitative estimate of drug-likeness (QED) is 0.645. The van der Waals surface area contributed by atoms with Crippen molar-refractivity contribution in [3.8, 4) is 0 Å². The lowest BCUT2D eigenvalue weighted by molar-refractivity contribution is -0.139. The first-order valence-electron chi connectivity index (χ1n) is 4.72. The van der Waals surface area contributed by atoms with Gasteiger partial charge in [0.15, 0.2) is 0 Å². The number of nitrogens with two attached hydrogens (primary N) is 1. The summed E-state index contributed by atoms with van der Waals surface area (Å²) in [6, 6.07) is 0.599. The Morgan fingerprint density at radius 3 is 2.71 bits per heavy atom. The van der Waals surface area contributed by atoms with Gasteiger partial charge < -0.3 is 10.5 Å². The number of rotatable bonds is 4. The molecule has 4 nitrogen and oxygen atoms in total. The van der Waals surface area contributed by atoms with Crippen LogP contribution >= 0.6 is 0 Å². The fraction of sp³-hybridized carbons (Fsp3) is 0.400. The molecule has 0 aromatic carbocycles. The van der Waals surface area contributed by atoms with Crippen molar-refractivity contribution in [1.29, 1.82) is 0 Å². The molecule has 2 N–H and O–H groups in total. The molecule has 1 aromatic rings. The van der Waals surface area contributed by atoms with Crippen molar-refractivity contribution in [3.63, 3.8) is 0 Å². The van der Waals surface area contributed by atoms with Gasteiger partial charge in [-0.15, -0.1) is 0 Å². The van der Waals surface area contributed by atoms with E-state index in [0.29, 0.717) is 6.07 Å². The van der Waals surface area contributed by atoms with Crippen molar-refractivity contribution < 1.29 is 22.7 Å². The molecule has 0 bridgehead atoms. The second-order valence-electron chi connectivity index (χ2n) is 3.22. The highest BCUT2D eigenvalue weighted by atomic mass is 19.3. The number of ether oxygens (including phenoxy) is 1. The van der Waals surface area contributed by atoms with Crippen LogP contribution in [0.4, 0.5) is 13.2 Å². The van der Waals surface area contributed by atoms with Crippen molar-refractivity contribution in [2.75, 3.05) is 7.11 Å². The SMILES string of the molecule is COC(=O)Cc1c(C(F)F)cc(F)nc1CN. The second-order valence-corrected chi connectivity index (χ2v) is 3.22. The Morgan fingerprint density at radius 1 is 1.59 bits per heavy atom. The van der Waals surface area contributed by atoms with E-state index in [0.717, 1.165) is 7.11 Å². The Kier molecular flexibility index (Phi) is 4.45. The Morgan fingerprint density at radius 2 is 2.24 bits per heavy atom. The molecule has 0 unspecified atom stereocenters. The van der Waals surface area contributed by atoms with E-state index in [4.69, 9.17) is 5.73 Å². The number of carbonyl (C=O) groups excluding carboxylic acids is 1. The average molecular weight is 248 g/mol. The number of hydrogen-bond acceptors (Lipinski definition) is 4. The summed E-state index contributed by atoms with van der Waals surface area (Å²) in [4.78, 5) is 14.5. The number of hydrogen-bond donors (Lipinski definition) is 1. The predicted octanol–water partition coefficient (Wildman–Crippen LogP) is 1.33. The van der Waals surface area contributed by atoms with Crippen LogP contribution in [0.3, 0.4) is 0 Å². The molecule has 0 saturated carbocycles. The summed E-state index contributed by atoms with van der Waals surface area (Å²) in [5.41, 5.74) is 4.56. The lowest BCUT2D eigenvalue weighted by atomic mass is 10.0. The van der Waals surface area contributed by atoms with Gasteiger partial charge in [-0.3, -0.25) is 4.79 Å². The first kappa shape index (κ1) is 13.4. The number of nitrogens with zero attached hydrogens (tertiary/aromatic N) is 1. The number of aromatic nitrogens is 1. The van der Waals surface area contributed by atoms with E-state index in [1.54, 1.807) is 0 Å². The maximum Gasteiger partial charge on any atom is 0.310 e. The smallest absolute Gasteiger partial charge is 0.310 e. The van der Waals surface area contributed by atoms with E-state index in [1.165, 1.54) is 0 Å². The normalized spacial score (nSPS) is 10.7. The molecule has 17 heavy (non-hydrogen) atoms. The summed E-state index contributed by atoms with van der Waals surface area (Å²) in [5, 5.41) is 0. The molecule has 94 valence electrons. The van der Waals surface area contributed by atoms with E-state index < -0.39 is 30.3 Å². The average Bonchev–Trinajstić information content (AvgIpc) is 2.30. The maximum atomic E-state index is 13.0. The molecule has 0 aliphatic carbocycles. The standard InChI is InChI=1S/C10H11F3N2O2/c1-17-9(16)3-5-6(10(12)13)2-8(11)15-7(5)4-14/h2,10H,3-4,14H2,1H3. The van der Waals surface area contributed by atoms with Crippen LogP contribution in [0.5, 0.6) is 0 Å². The minimum atomic E-state index is -2.91. The third kappa shape index (κ3) is 3.16. The van der Waals surface area contributed by atoms with Gasteiger partial charge in [-0.1, -0.05) is 0 Å². The minimum absolute atomic E-state index is 0.0642. The number of methoxy groups -OCH3 is 1. The van der Waals surface area contributed by atoms with Crippen molar-refractivity contribution in [2.45, 2.75) is 19.4 Å². The van der Waals surface area contributed by atoms with Crippen LogP contribution in [-0.2, 0) is 22.5 Å². The number of esters is 1. The highest BCUT2D eigenvalue weighted by Gasteiger charge is 2.21. The second kappa shape index (κ2) is 5.62. The Bertz CT molecular complexity index is 424. The maximum absolute atomic E-state index is 13.0. The molecule has 0 amide bonds. The van der Waals surface area contributed by atoms with Gasteiger partial charge in [0.25, 0.3) is 6.43 Å². The summed E-state index contributed by atoms with van der Waals surface area (Å²) >= 11 is 0. The largest absolute Gasteiger partial charge is 0.469 e. The summed E-state index contributed by atoms with van der Waals surface area (Å²) in [7, 11) is 1.13. The van der Waals surface area contributed by atoms with Crippen molar-refractivity contribution >= 4 is 5.97 Å². The Balaban J connectivity index is 3.26. The van der Waals surface area contributed by atoms with Crippen LogP contribution in [0.2, 0.25) is 0 Å². The van der Waals surface area contributed by atoms with Gasteiger partial charge in [0.05, 0.1) is 19.2 Å². The molecule has 1 rings (SSSR count). The molecule has 0 aliphatic heterocycles. The summed E-state index contributed by atoms with van der Waals surface area (Å²) in [5.74, 6) is -1.76. The van der Waals surface area contributed by atoms with Gasteiger partial charge in [-0.2, -0.15) is 4.39 Å². The van der Waals surface area contributed by atoms with Gasteiger partial charge in [0.2, 0.25) is 5.95 Å². The summed E-state index contributed by atoms with van der Waals surface area (Å²) < 4.78 is 42.7. The lowest BCUT2D eigenvalue weighted by Crippen LogP contribution is -2.14. The molecule has 0 radical (unpaired) electrons. The monoisotopic (exact) mass is 248 g/mol. The molecule has 7 heteroatoms. The molecule has 0 atom stereocenters. The highest BCUT2D eigenvalue weighted by molar-refractivity contribution is 5.73. The van der Waals surface area contributed by atoms with Gasteiger partial charge in [-0.25, -0.2) is 13.8 Å². The molecule has 0 fully saturated rings. The van der Waals surface area contributed by atoms with E-state index in [-0.39, 0.29) is 17.8 Å². The molecule has 1 aromatic heterocycles. The van der Waals surface area contributed by atoms with E-state index >= 15 is 0 Å². The van der Waals surface area contributed by atoms with Gasteiger partial charge >= 0.3 is 5.97 Å². The van der Waals surface area contributed by atoms with Gasteiger partial charge in [0, 0.05) is 18.2 Å². The van der Waals surface area contributed by atoms with Crippen LogP contribution in [0.25, 0.3) is 0 Å². The topological polar surface area (TPSA) is 65.2 Å². The zero-order valence-corrected chi connectivity index (χ0v) is 9.04. The first-order valence-corrected chi connectivity index (χ1v) is 4.72. The number of carbonyl (C=O) groups is 1. The Labute approximate surface area is 95.6 Å². The fourth-order valence-electron chi connectivity index (χ4n) is 1.39. The Hall–Kier alpha value is -1.63. The zero-order valence-electron chi connectivity index (χ0n) is 9.04. The summed E-state index contributed by atoms with van der Waals surface area (Å²) in [6.07, 6.45) is -3.31. The van der Waals surface area contributed by atoms with Crippen LogP contribution in [0.1, 0.15) is 23.2 Å². The van der Waals surface area contributed by atoms with Crippen molar-refractivity contribution in [1.82, 2.24) is 4.98 Å². The van der Waals surface area contributed by atoms with Crippen molar-refractivity contribution in [3.05, 3.63) is 28.8 Å². The molecule has 0 aliphatic rings. The van der Waals surface area contributed by atoms with E-state index in [9.17, 15) is 18.0 Å². The van der Waals surface area contributed by atoms with Crippen LogP contribution in [0, 0.1) is 5.95 Å². The minimum Gasteiger partial charge on any atom is -0.469 e.